The maximum atomic E-state index is 8.80. The topological polar surface area (TPSA) is 69.9 Å². The summed E-state index contributed by atoms with van der Waals surface area (Å²) in [5, 5.41) is 12.0. The molecule has 38 valence electrons. The Labute approximate surface area is 42.2 Å². The van der Waals surface area contributed by atoms with Crippen LogP contribution in [-0.2, 0) is 20.7 Å². The van der Waals surface area contributed by atoms with Crippen LogP contribution in [0.15, 0.2) is 4.04 Å². The molecule has 4 nitrogen and oxygen atoms in total. The molecule has 0 bridgehead atoms. The first-order valence-electron chi connectivity index (χ1n) is 0.777. The molecule has 0 aromatic heterocycles. The second kappa shape index (κ2) is 21.3. The summed E-state index contributed by atoms with van der Waals surface area (Å²) in [6.07, 6.45) is 1.17. The maximum Gasteiger partial charge on any atom is -0.255 e. The minimum atomic E-state index is 1.17. The van der Waals surface area contributed by atoms with Gasteiger partial charge in [0.2, 0.25) is 0 Å². The largest absolute Gasteiger partial charge is 0.255 e. The van der Waals surface area contributed by atoms with Crippen LogP contribution in [0.25, 0.3) is 0 Å². The zero-order valence-corrected chi connectivity index (χ0v) is 3.62. The number of hydrogen-bond acceptors (Lipinski definition) is 4. The summed E-state index contributed by atoms with van der Waals surface area (Å²) < 4.78 is 2.62. The quantitative estimate of drug-likeness (QED) is 0.209. The van der Waals surface area contributed by atoms with Gasteiger partial charge in [-0.25, -0.2) is 0 Å². The van der Waals surface area contributed by atoms with Gasteiger partial charge in [-0.05, 0) is 0 Å². The SMILES string of the molecule is O=C=[N][Co].OO. The van der Waals surface area contributed by atoms with Crippen LogP contribution in [0.2, 0.25) is 0 Å². The van der Waals surface area contributed by atoms with Gasteiger partial charge >= 0.3 is 30.9 Å². The Balaban J connectivity index is 0. The fourth-order valence-electron chi connectivity index (χ4n) is 0. The van der Waals surface area contributed by atoms with E-state index in [1.54, 1.807) is 0 Å². The summed E-state index contributed by atoms with van der Waals surface area (Å²) >= 11 is 3.16. The van der Waals surface area contributed by atoms with Crippen LogP contribution in [0.5, 0.6) is 0 Å². The van der Waals surface area contributed by atoms with Gasteiger partial charge in [0.1, 0.15) is 0 Å². The van der Waals surface area contributed by atoms with Crippen LogP contribution < -0.4 is 0 Å². The molecule has 0 fully saturated rings. The normalized spacial score (nSPS) is 4.00. The average Bonchev–Trinajstić information content (AvgIpc) is 1.72. The molecular weight excluding hydrogens is 133 g/mol. The van der Waals surface area contributed by atoms with Crippen molar-refractivity contribution < 1.29 is 31.3 Å². The summed E-state index contributed by atoms with van der Waals surface area (Å²) in [6.45, 7) is 0. The van der Waals surface area contributed by atoms with Crippen molar-refractivity contribution in [3.8, 4) is 0 Å². The average molecular weight is 135 g/mol. The van der Waals surface area contributed by atoms with Crippen molar-refractivity contribution >= 4 is 6.08 Å². The Bertz CT molecular complexity index is 48.8. The fraction of sp³-hybridized carbons (Fsp3) is 0. The van der Waals surface area contributed by atoms with Crippen LogP contribution in [-0.4, -0.2) is 16.6 Å². The van der Waals surface area contributed by atoms with E-state index in [9.17, 15) is 0 Å². The van der Waals surface area contributed by atoms with E-state index in [2.05, 4.69) is 20.0 Å². The molecule has 0 aromatic rings. The first-order chi connectivity index (χ1) is 2.91. The van der Waals surface area contributed by atoms with Crippen molar-refractivity contribution in [1.82, 2.24) is 0 Å². The van der Waals surface area contributed by atoms with Crippen molar-refractivity contribution in [3.63, 3.8) is 0 Å². The molecule has 0 aliphatic heterocycles. The standard InChI is InChI=1S/CNO.Co.H2O2/c2-1-3;;1-2/h;;1-2H/q-1;+1;. The van der Waals surface area contributed by atoms with Crippen LogP contribution in [0.1, 0.15) is 0 Å². The molecule has 0 rings (SSSR count). The predicted molar refractivity (Wildman–Crippen MR) is 13.4 cm³/mol. The molecule has 0 saturated heterocycles. The Kier molecular flexibility index (Phi) is 32.9. The molecule has 0 heterocycles. The first-order valence-corrected chi connectivity index (χ1v) is 1.24. The number of hydrogen-bond donors (Lipinski definition) is 2. The van der Waals surface area contributed by atoms with E-state index in [1.165, 1.54) is 6.08 Å². The molecule has 2 N–H and O–H groups in total. The van der Waals surface area contributed by atoms with E-state index in [-0.39, 0.29) is 0 Å². The molecule has 0 radical (unpaired) electrons. The Morgan fingerprint density at radius 1 is 1.67 bits per heavy atom. The van der Waals surface area contributed by atoms with Crippen molar-refractivity contribution in [3.05, 3.63) is 0 Å². The zero-order valence-electron chi connectivity index (χ0n) is 2.58. The van der Waals surface area contributed by atoms with E-state index in [1.807, 2.05) is 0 Å². The van der Waals surface area contributed by atoms with Gasteiger partial charge < -0.3 is 0 Å². The molecule has 0 aliphatic rings. The third-order valence-electron chi connectivity index (χ3n) is 0.0304. The van der Waals surface area contributed by atoms with Crippen LogP contribution >= 0.6 is 0 Å². The third-order valence-corrected chi connectivity index (χ3v) is 0.125. The van der Waals surface area contributed by atoms with Gasteiger partial charge in [0.15, 0.2) is 0 Å². The van der Waals surface area contributed by atoms with Crippen molar-refractivity contribution in [1.29, 1.82) is 0 Å². The number of isocyanates is 1. The summed E-state index contributed by atoms with van der Waals surface area (Å²) in [7, 11) is 0. The van der Waals surface area contributed by atoms with Gasteiger partial charge in [0.25, 0.3) is 0 Å². The zero-order chi connectivity index (χ0) is 5.41. The van der Waals surface area contributed by atoms with Crippen LogP contribution in [0.4, 0.5) is 0 Å². The van der Waals surface area contributed by atoms with E-state index in [4.69, 9.17) is 15.3 Å². The molecular formula is CH2CoNO3. The fourth-order valence-corrected chi connectivity index (χ4v) is 0. The van der Waals surface area contributed by atoms with Gasteiger partial charge in [-0.2, -0.15) is 0 Å². The van der Waals surface area contributed by atoms with E-state index >= 15 is 0 Å². The van der Waals surface area contributed by atoms with Gasteiger partial charge in [0.05, 0.1) is 0 Å². The van der Waals surface area contributed by atoms with E-state index < -0.39 is 0 Å². The van der Waals surface area contributed by atoms with Gasteiger partial charge in [-0.3, -0.25) is 10.5 Å². The number of carbonyl (C=O) groups excluding carboxylic acids is 1. The third kappa shape index (κ3) is 46.1. The minimum absolute atomic E-state index is 1.17. The molecule has 5 heteroatoms. The minimum Gasteiger partial charge on any atom is -0.255 e. The first kappa shape index (κ1) is 9.26. The monoisotopic (exact) mass is 135 g/mol. The summed E-state index contributed by atoms with van der Waals surface area (Å²) in [6, 6.07) is 0. The van der Waals surface area contributed by atoms with Gasteiger partial charge in [-0.15, -0.1) is 0 Å². The second-order valence-electron chi connectivity index (χ2n) is 0.166. The smallest absolute Gasteiger partial charge is 0.255 e. The molecule has 0 amide bonds. The van der Waals surface area contributed by atoms with Crippen molar-refractivity contribution in [2.24, 2.45) is 4.04 Å². The molecule has 0 unspecified atom stereocenters. The van der Waals surface area contributed by atoms with Crippen molar-refractivity contribution in [2.75, 3.05) is 0 Å². The number of nitrogens with zero attached hydrogens (tertiary/aromatic N) is 1. The van der Waals surface area contributed by atoms with Gasteiger partial charge in [0, 0.05) is 0 Å². The Morgan fingerprint density at radius 2 is 1.83 bits per heavy atom. The van der Waals surface area contributed by atoms with Crippen molar-refractivity contribution in [2.45, 2.75) is 0 Å². The predicted octanol–water partition coefficient (Wildman–Crippen LogP) is -0.199. The molecule has 0 saturated carbocycles. The summed E-state index contributed by atoms with van der Waals surface area (Å²) in [4.78, 5) is 8.80. The molecule has 0 spiro atoms. The Hall–Kier alpha value is -0.194. The summed E-state index contributed by atoms with van der Waals surface area (Å²) in [5.74, 6) is 0. The summed E-state index contributed by atoms with van der Waals surface area (Å²) in [5.41, 5.74) is 0. The van der Waals surface area contributed by atoms with Gasteiger partial charge in [-0.1, -0.05) is 0 Å². The molecule has 0 atom stereocenters. The van der Waals surface area contributed by atoms with E-state index in [0.717, 1.165) is 0 Å². The maximum absolute atomic E-state index is 8.80. The van der Waals surface area contributed by atoms with Crippen LogP contribution in [0, 0.1) is 0 Å². The van der Waals surface area contributed by atoms with Crippen LogP contribution in [0.3, 0.4) is 0 Å². The molecule has 0 aliphatic carbocycles. The van der Waals surface area contributed by atoms with E-state index in [0.29, 0.717) is 0 Å². The second-order valence-corrected chi connectivity index (χ2v) is 0.399. The molecule has 0 aromatic carbocycles. The molecule has 6 heavy (non-hydrogen) atoms. The number of rotatable bonds is 0. The Morgan fingerprint density at radius 3 is 1.83 bits per heavy atom.